The molecule has 0 saturated heterocycles. The fourth-order valence-electron chi connectivity index (χ4n) is 1.83. The van der Waals surface area contributed by atoms with Gasteiger partial charge >= 0.3 is 5.97 Å². The predicted octanol–water partition coefficient (Wildman–Crippen LogP) is 3.28. The summed E-state index contributed by atoms with van der Waals surface area (Å²) in [7, 11) is 1.56. The Bertz CT molecular complexity index is 379. The molecule has 1 aromatic rings. The van der Waals surface area contributed by atoms with Crippen LogP contribution in [-0.2, 0) is 14.3 Å². The molecule has 0 radical (unpaired) electrons. The van der Waals surface area contributed by atoms with Crippen molar-refractivity contribution in [3.8, 4) is 0 Å². The van der Waals surface area contributed by atoms with Crippen LogP contribution in [0.5, 0.6) is 0 Å². The topological polar surface area (TPSA) is 55.8 Å². The van der Waals surface area contributed by atoms with Crippen LogP contribution >= 0.6 is 0 Å². The third-order valence-corrected chi connectivity index (χ3v) is 3.13. The Morgan fingerprint density at radius 3 is 2.05 bits per heavy atom. The van der Waals surface area contributed by atoms with Gasteiger partial charge in [-0.05, 0) is 27.2 Å². The SMILES string of the molecule is CCCC(CO)C(=O)OC(C)COC.Cc1ccc(C)cc1. The van der Waals surface area contributed by atoms with Crippen LogP contribution in [0.2, 0.25) is 0 Å². The van der Waals surface area contributed by atoms with E-state index in [1.54, 1.807) is 14.0 Å². The number of aryl methyl sites for hydroxylation is 2. The number of hydrogen-bond donors (Lipinski definition) is 1. The number of rotatable bonds is 7. The largest absolute Gasteiger partial charge is 0.460 e. The molecule has 0 aliphatic carbocycles. The number of aliphatic hydroxyl groups excluding tert-OH is 1. The van der Waals surface area contributed by atoms with E-state index in [1.807, 2.05) is 6.92 Å². The summed E-state index contributed by atoms with van der Waals surface area (Å²) in [6, 6.07) is 8.48. The first-order chi connectivity index (χ1) is 10.4. The number of esters is 1. The van der Waals surface area contributed by atoms with Gasteiger partial charge in [0, 0.05) is 7.11 Å². The van der Waals surface area contributed by atoms with Crippen molar-refractivity contribution < 1.29 is 19.4 Å². The molecule has 1 aromatic carbocycles. The molecule has 0 aliphatic rings. The highest BCUT2D eigenvalue weighted by atomic mass is 16.6. The highest BCUT2D eigenvalue weighted by molar-refractivity contribution is 5.72. The normalized spacial score (nSPS) is 12.8. The molecule has 1 rings (SSSR count). The van der Waals surface area contributed by atoms with Crippen molar-refractivity contribution in [2.24, 2.45) is 5.92 Å². The van der Waals surface area contributed by atoms with Gasteiger partial charge in [-0.25, -0.2) is 0 Å². The molecule has 126 valence electrons. The van der Waals surface area contributed by atoms with Gasteiger partial charge in [0.05, 0.1) is 19.1 Å². The van der Waals surface area contributed by atoms with E-state index < -0.39 is 0 Å². The van der Waals surface area contributed by atoms with E-state index in [2.05, 4.69) is 38.1 Å². The molecular weight excluding hydrogens is 280 g/mol. The summed E-state index contributed by atoms with van der Waals surface area (Å²) in [5.74, 6) is -0.724. The maximum absolute atomic E-state index is 11.4. The molecule has 2 unspecified atom stereocenters. The molecule has 0 saturated carbocycles. The third-order valence-electron chi connectivity index (χ3n) is 3.13. The number of carbonyl (C=O) groups excluding carboxylic acids is 1. The van der Waals surface area contributed by atoms with Gasteiger partial charge in [-0.15, -0.1) is 0 Å². The number of aliphatic hydroxyl groups is 1. The highest BCUT2D eigenvalue weighted by Crippen LogP contribution is 2.09. The minimum atomic E-state index is -0.390. The van der Waals surface area contributed by atoms with E-state index in [9.17, 15) is 4.79 Å². The Kier molecular flexibility index (Phi) is 11.4. The summed E-state index contributed by atoms with van der Waals surface area (Å²) in [6.07, 6.45) is 1.27. The fourth-order valence-corrected chi connectivity index (χ4v) is 1.83. The van der Waals surface area contributed by atoms with E-state index >= 15 is 0 Å². The molecule has 4 nitrogen and oxygen atoms in total. The third kappa shape index (κ3) is 9.53. The molecule has 22 heavy (non-hydrogen) atoms. The van der Waals surface area contributed by atoms with Crippen molar-refractivity contribution in [3.63, 3.8) is 0 Å². The zero-order valence-corrected chi connectivity index (χ0v) is 14.5. The minimum absolute atomic E-state index is 0.146. The molecule has 0 spiro atoms. The Morgan fingerprint density at radius 2 is 1.68 bits per heavy atom. The molecule has 0 bridgehead atoms. The van der Waals surface area contributed by atoms with E-state index in [0.29, 0.717) is 13.0 Å². The Hall–Kier alpha value is -1.39. The van der Waals surface area contributed by atoms with Crippen LogP contribution in [0, 0.1) is 19.8 Å². The lowest BCUT2D eigenvalue weighted by Gasteiger charge is -2.16. The van der Waals surface area contributed by atoms with Crippen molar-refractivity contribution in [2.45, 2.75) is 46.6 Å². The first kappa shape index (κ1) is 20.6. The maximum Gasteiger partial charge on any atom is 0.311 e. The predicted molar refractivity (Wildman–Crippen MR) is 88.8 cm³/mol. The highest BCUT2D eigenvalue weighted by Gasteiger charge is 2.20. The van der Waals surface area contributed by atoms with Gasteiger partial charge < -0.3 is 14.6 Å². The van der Waals surface area contributed by atoms with Crippen molar-refractivity contribution in [1.82, 2.24) is 0 Å². The molecule has 0 aliphatic heterocycles. The zero-order valence-electron chi connectivity index (χ0n) is 14.5. The van der Waals surface area contributed by atoms with Gasteiger partial charge in [-0.1, -0.05) is 48.7 Å². The van der Waals surface area contributed by atoms with E-state index in [0.717, 1.165) is 6.42 Å². The van der Waals surface area contributed by atoms with Crippen LogP contribution in [-0.4, -0.2) is 37.5 Å². The summed E-state index contributed by atoms with van der Waals surface area (Å²) in [6.45, 7) is 8.16. The zero-order chi connectivity index (χ0) is 17.0. The standard InChI is InChI=1S/C10H20O4.C8H10/c1-4-5-9(6-11)10(12)14-8(2)7-13-3;1-7-3-5-8(2)6-4-7/h8-9,11H,4-7H2,1-3H3;3-6H,1-2H3. The smallest absolute Gasteiger partial charge is 0.311 e. The Morgan fingerprint density at radius 1 is 1.18 bits per heavy atom. The number of ether oxygens (including phenoxy) is 2. The van der Waals surface area contributed by atoms with E-state index in [1.165, 1.54) is 11.1 Å². The number of benzene rings is 1. The minimum Gasteiger partial charge on any atom is -0.460 e. The van der Waals surface area contributed by atoms with Gasteiger partial charge in [0.1, 0.15) is 6.10 Å². The molecule has 4 heteroatoms. The van der Waals surface area contributed by atoms with Crippen molar-refractivity contribution >= 4 is 5.97 Å². The Labute approximate surface area is 134 Å². The summed E-state index contributed by atoms with van der Waals surface area (Å²) in [5.41, 5.74) is 2.66. The number of hydrogen-bond acceptors (Lipinski definition) is 4. The lowest BCUT2D eigenvalue weighted by molar-refractivity contribution is -0.157. The van der Waals surface area contributed by atoms with Crippen molar-refractivity contribution in [3.05, 3.63) is 35.4 Å². The van der Waals surface area contributed by atoms with Gasteiger partial charge in [-0.3, -0.25) is 4.79 Å². The first-order valence-corrected chi connectivity index (χ1v) is 7.78. The Balaban J connectivity index is 0.000000461. The van der Waals surface area contributed by atoms with Gasteiger partial charge in [-0.2, -0.15) is 0 Å². The van der Waals surface area contributed by atoms with Crippen LogP contribution < -0.4 is 0 Å². The monoisotopic (exact) mass is 310 g/mol. The molecule has 0 fully saturated rings. The molecule has 1 N–H and O–H groups in total. The average molecular weight is 310 g/mol. The summed E-state index contributed by atoms with van der Waals surface area (Å²) in [5, 5.41) is 8.94. The molecule has 0 heterocycles. The molecular formula is C18H30O4. The lowest BCUT2D eigenvalue weighted by Crippen LogP contribution is -2.27. The maximum atomic E-state index is 11.4. The van der Waals surface area contributed by atoms with Gasteiger partial charge in [0.25, 0.3) is 0 Å². The van der Waals surface area contributed by atoms with Crippen LogP contribution in [0.25, 0.3) is 0 Å². The van der Waals surface area contributed by atoms with Crippen LogP contribution in [0.3, 0.4) is 0 Å². The van der Waals surface area contributed by atoms with Crippen LogP contribution in [0.4, 0.5) is 0 Å². The second-order valence-electron chi connectivity index (χ2n) is 5.53. The number of carbonyl (C=O) groups is 1. The summed E-state index contributed by atoms with van der Waals surface area (Å²) < 4.78 is 9.91. The fraction of sp³-hybridized carbons (Fsp3) is 0.611. The number of methoxy groups -OCH3 is 1. The molecule has 0 aromatic heterocycles. The van der Waals surface area contributed by atoms with Crippen molar-refractivity contribution in [1.29, 1.82) is 0 Å². The lowest BCUT2D eigenvalue weighted by atomic mass is 10.1. The van der Waals surface area contributed by atoms with E-state index in [4.69, 9.17) is 14.6 Å². The second kappa shape index (κ2) is 12.2. The van der Waals surface area contributed by atoms with Crippen LogP contribution in [0.1, 0.15) is 37.8 Å². The summed E-state index contributed by atoms with van der Waals surface area (Å²) in [4.78, 5) is 11.4. The molecule has 2 atom stereocenters. The first-order valence-electron chi connectivity index (χ1n) is 7.78. The van der Waals surface area contributed by atoms with Crippen LogP contribution in [0.15, 0.2) is 24.3 Å². The average Bonchev–Trinajstić information content (AvgIpc) is 2.48. The molecule has 0 amide bonds. The van der Waals surface area contributed by atoms with Crippen molar-refractivity contribution in [2.75, 3.05) is 20.3 Å². The quantitative estimate of drug-likeness (QED) is 0.785. The van der Waals surface area contributed by atoms with E-state index in [-0.39, 0.29) is 24.6 Å². The van der Waals surface area contributed by atoms with Gasteiger partial charge in [0.2, 0.25) is 0 Å². The second-order valence-corrected chi connectivity index (χ2v) is 5.53. The summed E-state index contributed by atoms with van der Waals surface area (Å²) >= 11 is 0. The van der Waals surface area contributed by atoms with Gasteiger partial charge in [0.15, 0.2) is 0 Å².